The third kappa shape index (κ3) is 2.98. The number of para-hydroxylation sites is 2. The van der Waals surface area contributed by atoms with Gasteiger partial charge in [0.05, 0.1) is 22.5 Å². The minimum atomic E-state index is -0.292. The van der Waals surface area contributed by atoms with Crippen molar-refractivity contribution in [1.82, 2.24) is 9.36 Å². The molecule has 1 amide bonds. The highest BCUT2D eigenvalue weighted by Crippen LogP contribution is 2.60. The first kappa shape index (κ1) is 19.6. The monoisotopic (exact) mass is 427 g/mol. The second kappa shape index (κ2) is 7.22. The molecule has 1 aromatic heterocycles. The van der Waals surface area contributed by atoms with E-state index in [1.54, 1.807) is 4.68 Å². The molecule has 1 heterocycles. The molecule has 0 unspecified atom stereocenters. The lowest BCUT2D eigenvalue weighted by atomic mass is 9.49. The zero-order valence-corrected chi connectivity index (χ0v) is 18.5. The molecule has 0 aliphatic heterocycles. The smallest absolute Gasteiger partial charge is 0.295 e. The second-order valence-corrected chi connectivity index (χ2v) is 10.2. The van der Waals surface area contributed by atoms with Gasteiger partial charge in [-0.3, -0.25) is 9.59 Å². The van der Waals surface area contributed by atoms with Crippen LogP contribution < -0.4 is 10.9 Å². The number of nitrogens with zero attached hydrogens (tertiary/aromatic N) is 2. The van der Waals surface area contributed by atoms with Crippen LogP contribution in [-0.4, -0.2) is 15.3 Å². The van der Waals surface area contributed by atoms with Crippen molar-refractivity contribution in [1.29, 1.82) is 0 Å². The molecule has 0 spiro atoms. The van der Waals surface area contributed by atoms with Gasteiger partial charge in [0.1, 0.15) is 5.69 Å². The van der Waals surface area contributed by atoms with Crippen molar-refractivity contribution in [3.8, 4) is 11.4 Å². The van der Waals surface area contributed by atoms with E-state index in [0.717, 1.165) is 36.3 Å². The molecular weight excluding hydrogens is 398 g/mol. The van der Waals surface area contributed by atoms with Crippen LogP contribution in [0.1, 0.15) is 44.2 Å². The summed E-state index contributed by atoms with van der Waals surface area (Å²) in [5, 5.41) is 3.14. The van der Waals surface area contributed by atoms with Crippen molar-refractivity contribution in [2.75, 3.05) is 5.32 Å². The van der Waals surface area contributed by atoms with Crippen LogP contribution in [0.4, 0.5) is 5.69 Å². The first-order chi connectivity index (χ1) is 15.5. The minimum absolute atomic E-state index is 0.0576. The lowest BCUT2D eigenvalue weighted by molar-refractivity contribution is -0.140. The van der Waals surface area contributed by atoms with Crippen LogP contribution in [-0.2, 0) is 4.79 Å². The van der Waals surface area contributed by atoms with E-state index in [4.69, 9.17) is 0 Å². The van der Waals surface area contributed by atoms with Gasteiger partial charge in [-0.2, -0.15) is 0 Å². The Morgan fingerprint density at radius 3 is 1.78 bits per heavy atom. The molecule has 1 N–H and O–H groups in total. The van der Waals surface area contributed by atoms with Crippen LogP contribution in [0.15, 0.2) is 65.5 Å². The van der Waals surface area contributed by atoms with Crippen molar-refractivity contribution < 1.29 is 4.79 Å². The van der Waals surface area contributed by atoms with Gasteiger partial charge in [-0.15, -0.1) is 0 Å². The van der Waals surface area contributed by atoms with Crippen LogP contribution in [0.25, 0.3) is 11.4 Å². The fourth-order valence-corrected chi connectivity index (χ4v) is 7.07. The number of nitrogens with one attached hydrogen (secondary N) is 1. The summed E-state index contributed by atoms with van der Waals surface area (Å²) in [5.41, 5.74) is 2.35. The van der Waals surface area contributed by atoms with E-state index < -0.39 is 0 Å². The summed E-state index contributed by atoms with van der Waals surface area (Å²) in [7, 11) is 0. The Hall–Kier alpha value is -3.08. The van der Waals surface area contributed by atoms with Crippen molar-refractivity contribution in [2.45, 2.75) is 45.4 Å². The largest absolute Gasteiger partial charge is 0.319 e. The number of hydrogen-bond acceptors (Lipinski definition) is 2. The Balaban J connectivity index is 1.43. The Morgan fingerprint density at radius 1 is 0.812 bits per heavy atom. The predicted molar refractivity (Wildman–Crippen MR) is 125 cm³/mol. The summed E-state index contributed by atoms with van der Waals surface area (Å²) in [6.07, 6.45) is 6.81. The molecule has 2 aromatic carbocycles. The van der Waals surface area contributed by atoms with Gasteiger partial charge in [-0.1, -0.05) is 36.4 Å². The summed E-state index contributed by atoms with van der Waals surface area (Å²) in [6.45, 7) is 1.92. The lowest BCUT2D eigenvalue weighted by Gasteiger charge is -2.55. The van der Waals surface area contributed by atoms with Gasteiger partial charge in [0.25, 0.3) is 5.56 Å². The topological polar surface area (TPSA) is 56.0 Å². The third-order valence-corrected chi connectivity index (χ3v) is 8.05. The molecule has 4 bridgehead atoms. The number of anilines is 1. The molecule has 0 saturated heterocycles. The summed E-state index contributed by atoms with van der Waals surface area (Å²) >= 11 is 0. The first-order valence-electron chi connectivity index (χ1n) is 11.8. The van der Waals surface area contributed by atoms with Gasteiger partial charge in [-0.25, -0.2) is 9.36 Å². The molecule has 4 aliphatic carbocycles. The molecule has 32 heavy (non-hydrogen) atoms. The maximum Gasteiger partial charge on any atom is 0.295 e. The number of carbonyl (C=O) groups excluding carboxylic acids is 1. The zero-order chi connectivity index (χ0) is 21.9. The molecule has 5 nitrogen and oxygen atoms in total. The molecule has 4 fully saturated rings. The summed E-state index contributed by atoms with van der Waals surface area (Å²) in [5.74, 6) is 2.11. The predicted octanol–water partition coefficient (Wildman–Crippen LogP) is 5.09. The molecule has 5 heteroatoms. The highest BCUT2D eigenvalue weighted by Gasteiger charge is 2.54. The number of carbonyl (C=O) groups is 1. The highest BCUT2D eigenvalue weighted by molar-refractivity contribution is 5.96. The molecule has 164 valence electrons. The maximum atomic E-state index is 13.7. The fourth-order valence-electron chi connectivity index (χ4n) is 7.07. The summed E-state index contributed by atoms with van der Waals surface area (Å²) < 4.78 is 3.58. The van der Waals surface area contributed by atoms with Crippen LogP contribution in [0.2, 0.25) is 0 Å². The average molecular weight is 428 g/mol. The van der Waals surface area contributed by atoms with Crippen molar-refractivity contribution >= 4 is 11.6 Å². The van der Waals surface area contributed by atoms with Gasteiger partial charge in [0.2, 0.25) is 5.91 Å². The van der Waals surface area contributed by atoms with Crippen LogP contribution in [0, 0.1) is 30.1 Å². The van der Waals surface area contributed by atoms with Crippen molar-refractivity contribution in [3.63, 3.8) is 0 Å². The van der Waals surface area contributed by atoms with Crippen LogP contribution >= 0.6 is 0 Å². The molecule has 0 radical (unpaired) electrons. The quantitative estimate of drug-likeness (QED) is 0.630. The van der Waals surface area contributed by atoms with Gasteiger partial charge in [0, 0.05) is 0 Å². The van der Waals surface area contributed by atoms with E-state index in [2.05, 4.69) is 5.32 Å². The number of benzene rings is 2. The van der Waals surface area contributed by atoms with E-state index in [1.807, 2.05) is 72.3 Å². The first-order valence-corrected chi connectivity index (χ1v) is 11.8. The highest BCUT2D eigenvalue weighted by atomic mass is 16.2. The van der Waals surface area contributed by atoms with Gasteiger partial charge < -0.3 is 5.32 Å². The summed E-state index contributed by atoms with van der Waals surface area (Å²) in [4.78, 5) is 27.4. The van der Waals surface area contributed by atoms with E-state index >= 15 is 0 Å². The summed E-state index contributed by atoms with van der Waals surface area (Å²) in [6, 6.07) is 19.5. The van der Waals surface area contributed by atoms with E-state index in [-0.39, 0.29) is 16.9 Å². The molecule has 3 aromatic rings. The maximum absolute atomic E-state index is 13.7. The molecule has 4 aliphatic rings. The fraction of sp³-hybridized carbons (Fsp3) is 0.407. The minimum Gasteiger partial charge on any atom is -0.319 e. The van der Waals surface area contributed by atoms with E-state index in [9.17, 15) is 9.59 Å². The Morgan fingerprint density at radius 2 is 1.28 bits per heavy atom. The Labute approximate surface area is 188 Å². The van der Waals surface area contributed by atoms with Gasteiger partial charge in [-0.05, 0) is 87.5 Å². The normalized spacial score (nSPS) is 28.1. The molecule has 7 rings (SSSR count). The van der Waals surface area contributed by atoms with Crippen molar-refractivity contribution in [3.05, 3.63) is 76.7 Å². The van der Waals surface area contributed by atoms with Gasteiger partial charge >= 0.3 is 0 Å². The Bertz CT molecular complexity index is 1190. The third-order valence-electron chi connectivity index (χ3n) is 8.05. The van der Waals surface area contributed by atoms with Crippen molar-refractivity contribution in [2.24, 2.45) is 23.2 Å². The standard InChI is InChI=1S/C27H29N3O2/c1-18-24(28-26(32)27-15-19-12-20(16-27)14-21(13-19)17-27)25(31)30(23-10-6-3-7-11-23)29(18)22-8-4-2-5-9-22/h2-11,19-21H,12-17H2,1H3,(H,28,32). The van der Waals surface area contributed by atoms with Gasteiger partial charge in [0.15, 0.2) is 0 Å². The zero-order valence-electron chi connectivity index (χ0n) is 18.5. The molecule has 0 atom stereocenters. The number of rotatable bonds is 4. The second-order valence-electron chi connectivity index (χ2n) is 10.2. The number of aromatic nitrogens is 2. The van der Waals surface area contributed by atoms with Crippen LogP contribution in [0.3, 0.4) is 0 Å². The number of hydrogen-bond donors (Lipinski definition) is 1. The Kier molecular flexibility index (Phi) is 4.42. The number of amides is 1. The van der Waals surface area contributed by atoms with E-state index in [1.165, 1.54) is 19.3 Å². The molecular formula is C27H29N3O2. The molecule has 4 saturated carbocycles. The SMILES string of the molecule is Cc1c(NC(=O)C23CC4CC(CC(C4)C2)C3)c(=O)n(-c2ccccc2)n1-c1ccccc1. The van der Waals surface area contributed by atoms with E-state index in [0.29, 0.717) is 23.4 Å². The average Bonchev–Trinajstić information content (AvgIpc) is 3.04. The lowest BCUT2D eigenvalue weighted by Crippen LogP contribution is -2.52. The van der Waals surface area contributed by atoms with Crippen LogP contribution in [0.5, 0.6) is 0 Å².